The van der Waals surface area contributed by atoms with Crippen LogP contribution < -0.4 is 0 Å². The van der Waals surface area contributed by atoms with Crippen LogP contribution in [0.3, 0.4) is 0 Å². The predicted molar refractivity (Wildman–Crippen MR) is 54.9 cm³/mol. The molecule has 0 fully saturated rings. The maximum absolute atomic E-state index is 11.8. The van der Waals surface area contributed by atoms with Gasteiger partial charge < -0.3 is 9.63 Å². The Labute approximate surface area is 88.3 Å². The van der Waals surface area contributed by atoms with E-state index in [0.717, 1.165) is 6.26 Å². The van der Waals surface area contributed by atoms with Gasteiger partial charge in [0.25, 0.3) is 0 Å². The SMILES string of the molecule is CC1(CO)/C=C\OP(C)(=O)OP(C)(=O)O1. The van der Waals surface area contributed by atoms with Gasteiger partial charge in [-0.05, 0) is 13.0 Å². The Balaban J connectivity index is 3.04. The molecular weight excluding hydrogens is 242 g/mol. The van der Waals surface area contributed by atoms with Gasteiger partial charge in [0.15, 0.2) is 0 Å². The summed E-state index contributed by atoms with van der Waals surface area (Å²) in [7, 11) is -6.92. The fourth-order valence-corrected chi connectivity index (χ4v) is 4.68. The quantitative estimate of drug-likeness (QED) is 0.722. The molecule has 1 aliphatic rings. The van der Waals surface area contributed by atoms with Crippen LogP contribution in [0, 0.1) is 0 Å². The molecule has 0 aliphatic carbocycles. The van der Waals surface area contributed by atoms with Crippen LogP contribution in [-0.2, 0) is 22.5 Å². The molecule has 0 amide bonds. The van der Waals surface area contributed by atoms with Crippen molar-refractivity contribution in [3.05, 3.63) is 12.3 Å². The highest BCUT2D eigenvalue weighted by Crippen LogP contribution is 2.63. The standard InChI is InChI=1S/C7H14O6P2/c1-7(6-8)4-5-11-14(2,9)13-15(3,10)12-7/h4-5,8H,6H2,1-3H3/b5-4-. The van der Waals surface area contributed by atoms with E-state index in [0.29, 0.717) is 0 Å². The van der Waals surface area contributed by atoms with E-state index in [9.17, 15) is 9.13 Å². The lowest BCUT2D eigenvalue weighted by molar-refractivity contribution is 0.0534. The highest BCUT2D eigenvalue weighted by molar-refractivity contribution is 7.66. The monoisotopic (exact) mass is 256 g/mol. The summed E-state index contributed by atoms with van der Waals surface area (Å²) in [5.41, 5.74) is -1.16. The van der Waals surface area contributed by atoms with Crippen molar-refractivity contribution >= 4 is 15.2 Å². The molecule has 1 heterocycles. The van der Waals surface area contributed by atoms with Gasteiger partial charge in [-0.3, -0.25) is 9.09 Å². The number of rotatable bonds is 1. The maximum Gasteiger partial charge on any atom is 0.382 e. The lowest BCUT2D eigenvalue weighted by atomic mass is 10.1. The molecule has 6 nitrogen and oxygen atoms in total. The topological polar surface area (TPSA) is 82.1 Å². The minimum absolute atomic E-state index is 0.387. The summed E-state index contributed by atoms with van der Waals surface area (Å²) < 4.78 is 37.9. The smallest absolute Gasteiger partial charge is 0.382 e. The van der Waals surface area contributed by atoms with Gasteiger partial charge in [0.2, 0.25) is 0 Å². The lowest BCUT2D eigenvalue weighted by Gasteiger charge is -2.30. The molecular formula is C7H14O6P2. The Kier molecular flexibility index (Phi) is 3.49. The first-order valence-electron chi connectivity index (χ1n) is 4.22. The molecule has 1 aliphatic heterocycles. The van der Waals surface area contributed by atoms with Gasteiger partial charge in [-0.25, -0.2) is 8.88 Å². The minimum Gasteiger partial charge on any atom is -0.432 e. The van der Waals surface area contributed by atoms with Crippen molar-refractivity contribution in [1.29, 1.82) is 0 Å². The summed E-state index contributed by atoms with van der Waals surface area (Å²) in [4.78, 5) is 0. The predicted octanol–water partition coefficient (Wildman–Crippen LogP) is 1.96. The first-order chi connectivity index (χ1) is 6.68. The van der Waals surface area contributed by atoms with Crippen LogP contribution in [0.4, 0.5) is 0 Å². The summed E-state index contributed by atoms with van der Waals surface area (Å²) in [6.07, 6.45) is 2.47. The zero-order valence-electron chi connectivity index (χ0n) is 8.74. The van der Waals surface area contributed by atoms with Crippen molar-refractivity contribution in [2.45, 2.75) is 12.5 Å². The Morgan fingerprint density at radius 3 is 2.47 bits per heavy atom. The van der Waals surface area contributed by atoms with Gasteiger partial charge >= 0.3 is 15.2 Å². The first-order valence-corrected chi connectivity index (χ1v) is 8.20. The summed E-state index contributed by atoms with van der Waals surface area (Å²) in [6.45, 7) is 3.50. The second kappa shape index (κ2) is 4.04. The third-order valence-electron chi connectivity index (χ3n) is 1.66. The second-order valence-corrected chi connectivity index (χ2v) is 7.73. The van der Waals surface area contributed by atoms with Gasteiger partial charge in [0.05, 0.1) is 19.5 Å². The number of aliphatic hydroxyl groups is 1. The number of aliphatic hydroxyl groups excluding tert-OH is 1. The lowest BCUT2D eigenvalue weighted by Crippen LogP contribution is -2.30. The van der Waals surface area contributed by atoms with Crippen molar-refractivity contribution in [2.24, 2.45) is 0 Å². The fraction of sp³-hybridized carbons (Fsp3) is 0.714. The molecule has 0 saturated carbocycles. The van der Waals surface area contributed by atoms with Crippen molar-refractivity contribution in [3.63, 3.8) is 0 Å². The fourth-order valence-electron chi connectivity index (χ4n) is 1.08. The van der Waals surface area contributed by atoms with E-state index in [1.54, 1.807) is 0 Å². The maximum atomic E-state index is 11.8. The van der Waals surface area contributed by atoms with E-state index in [1.165, 1.54) is 26.3 Å². The highest BCUT2D eigenvalue weighted by atomic mass is 31.3. The Morgan fingerprint density at radius 1 is 1.33 bits per heavy atom. The van der Waals surface area contributed by atoms with Crippen LogP contribution in [0.15, 0.2) is 12.3 Å². The minimum atomic E-state index is -3.52. The summed E-state index contributed by atoms with van der Waals surface area (Å²) in [6, 6.07) is 0. The molecule has 88 valence electrons. The van der Waals surface area contributed by atoms with Crippen LogP contribution in [0.2, 0.25) is 0 Å². The molecule has 15 heavy (non-hydrogen) atoms. The molecule has 8 heteroatoms. The third kappa shape index (κ3) is 3.74. The molecule has 3 unspecified atom stereocenters. The first kappa shape index (κ1) is 12.9. The highest BCUT2D eigenvalue weighted by Gasteiger charge is 2.38. The average molecular weight is 256 g/mol. The largest absolute Gasteiger partial charge is 0.432 e. The molecule has 0 radical (unpaired) electrons. The molecule has 0 bridgehead atoms. The molecule has 1 N–H and O–H groups in total. The van der Waals surface area contributed by atoms with Crippen LogP contribution >= 0.6 is 15.2 Å². The van der Waals surface area contributed by atoms with Gasteiger partial charge in [-0.1, -0.05) is 0 Å². The van der Waals surface area contributed by atoms with Crippen LogP contribution in [-0.4, -0.2) is 30.6 Å². The van der Waals surface area contributed by atoms with Crippen molar-refractivity contribution in [3.8, 4) is 0 Å². The zero-order chi connectivity index (χ0) is 11.7. The van der Waals surface area contributed by atoms with Gasteiger partial charge in [-0.2, -0.15) is 0 Å². The number of hydrogen-bond donors (Lipinski definition) is 1. The molecule has 0 saturated heterocycles. The normalized spacial score (nSPS) is 48.8. The molecule has 0 spiro atoms. The van der Waals surface area contributed by atoms with E-state index in [2.05, 4.69) is 0 Å². The Hall–Kier alpha value is -0.120. The second-order valence-electron chi connectivity index (χ2n) is 3.59. The van der Waals surface area contributed by atoms with E-state index in [-0.39, 0.29) is 6.61 Å². The molecule has 0 aromatic heterocycles. The molecule has 3 atom stereocenters. The Morgan fingerprint density at radius 2 is 1.93 bits per heavy atom. The van der Waals surface area contributed by atoms with E-state index < -0.39 is 20.8 Å². The molecule has 0 aromatic carbocycles. The summed E-state index contributed by atoms with van der Waals surface area (Å²) in [5.74, 6) is 0. The average Bonchev–Trinajstić information content (AvgIpc) is 1.98. The molecule has 1 rings (SSSR count). The van der Waals surface area contributed by atoms with Crippen molar-refractivity contribution in [1.82, 2.24) is 0 Å². The van der Waals surface area contributed by atoms with Crippen LogP contribution in [0.1, 0.15) is 6.92 Å². The van der Waals surface area contributed by atoms with Crippen molar-refractivity contribution in [2.75, 3.05) is 19.9 Å². The van der Waals surface area contributed by atoms with Gasteiger partial charge in [0.1, 0.15) is 5.60 Å². The molecule has 0 aromatic rings. The summed E-state index contributed by atoms with van der Waals surface area (Å²) >= 11 is 0. The van der Waals surface area contributed by atoms with E-state index >= 15 is 0 Å². The zero-order valence-corrected chi connectivity index (χ0v) is 10.5. The van der Waals surface area contributed by atoms with Crippen LogP contribution in [0.5, 0.6) is 0 Å². The van der Waals surface area contributed by atoms with Gasteiger partial charge in [0, 0.05) is 6.66 Å². The van der Waals surface area contributed by atoms with E-state index in [4.69, 9.17) is 18.5 Å². The van der Waals surface area contributed by atoms with Gasteiger partial charge in [-0.15, -0.1) is 0 Å². The third-order valence-corrected chi connectivity index (χ3v) is 5.28. The van der Waals surface area contributed by atoms with E-state index in [1.807, 2.05) is 0 Å². The number of hydrogen-bond acceptors (Lipinski definition) is 6. The Bertz CT molecular complexity index is 364. The summed E-state index contributed by atoms with van der Waals surface area (Å²) in [5, 5.41) is 9.05. The van der Waals surface area contributed by atoms with Crippen molar-refractivity contribution < 1.29 is 27.6 Å². The van der Waals surface area contributed by atoms with Crippen LogP contribution in [0.25, 0.3) is 0 Å².